The van der Waals surface area contributed by atoms with E-state index in [4.69, 9.17) is 19.9 Å². The minimum atomic E-state index is -0.406. The Balaban J connectivity index is 0.00000364. The first kappa shape index (κ1) is 22.8. The van der Waals surface area contributed by atoms with Crippen LogP contribution in [-0.4, -0.2) is 26.8 Å². The van der Waals surface area contributed by atoms with Gasteiger partial charge < -0.3 is 25.3 Å². The highest BCUT2D eigenvalue weighted by Gasteiger charge is 2.06. The molecular weight excluding hydrogens is 464 g/mol. The lowest BCUT2D eigenvalue weighted by molar-refractivity contribution is 0.321. The van der Waals surface area contributed by atoms with Gasteiger partial charge in [0.15, 0.2) is 29.0 Å². The Morgan fingerprint density at radius 2 is 1.70 bits per heavy atom. The molecule has 0 aliphatic heterocycles. The molecule has 0 spiro atoms. The highest BCUT2D eigenvalue weighted by molar-refractivity contribution is 14.0. The van der Waals surface area contributed by atoms with Gasteiger partial charge in [-0.05, 0) is 42.3 Å². The summed E-state index contributed by atoms with van der Waals surface area (Å²) in [5.74, 6) is 1.41. The number of nitrogens with one attached hydrogen (secondary N) is 1. The maximum Gasteiger partial charge on any atom is 0.189 e. The topological polar surface area (TPSA) is 78.1 Å². The summed E-state index contributed by atoms with van der Waals surface area (Å²) in [5, 5.41) is 3.02. The highest BCUT2D eigenvalue weighted by Crippen LogP contribution is 2.27. The summed E-state index contributed by atoms with van der Waals surface area (Å²) >= 11 is 0. The third-order valence-electron chi connectivity index (χ3n) is 3.65. The van der Waals surface area contributed by atoms with Crippen molar-refractivity contribution in [3.05, 3.63) is 53.3 Å². The summed E-state index contributed by atoms with van der Waals surface area (Å²) in [7, 11) is 3.17. The van der Waals surface area contributed by atoms with E-state index >= 15 is 0 Å². The van der Waals surface area contributed by atoms with Crippen molar-refractivity contribution in [2.24, 2.45) is 10.7 Å². The first-order valence-electron chi connectivity index (χ1n) is 8.23. The number of nitrogens with two attached hydrogens (primary N) is 1. The van der Waals surface area contributed by atoms with Crippen LogP contribution in [0.2, 0.25) is 0 Å². The van der Waals surface area contributed by atoms with E-state index < -0.39 is 5.82 Å². The summed E-state index contributed by atoms with van der Waals surface area (Å²) < 4.78 is 29.5. The minimum Gasteiger partial charge on any atom is -0.493 e. The van der Waals surface area contributed by atoms with E-state index in [0.717, 1.165) is 5.56 Å². The minimum absolute atomic E-state index is 0. The molecule has 0 unspecified atom stereocenters. The summed E-state index contributed by atoms with van der Waals surface area (Å²) in [5.41, 5.74) is 7.55. The molecule has 0 radical (unpaired) electrons. The van der Waals surface area contributed by atoms with E-state index in [2.05, 4.69) is 10.3 Å². The van der Waals surface area contributed by atoms with Gasteiger partial charge in [-0.1, -0.05) is 12.1 Å². The Labute approximate surface area is 175 Å². The number of ether oxygens (including phenoxy) is 3. The molecule has 2 aromatic carbocycles. The molecule has 0 aromatic heterocycles. The van der Waals surface area contributed by atoms with E-state index in [9.17, 15) is 4.39 Å². The predicted octanol–water partition coefficient (Wildman–Crippen LogP) is 3.46. The summed E-state index contributed by atoms with van der Waals surface area (Å²) in [6.07, 6.45) is 0. The van der Waals surface area contributed by atoms with Crippen molar-refractivity contribution in [3.63, 3.8) is 0 Å². The standard InChI is InChI=1S/C19H24FN3O3.HI/c1-4-26-16-7-5-13(9-15(16)20)11-22-19(21)23-12-14-6-8-17(24-2)18(10-14)25-3;/h5-10H,4,11-12H2,1-3H3,(H3,21,22,23);1H. The molecule has 0 saturated carbocycles. The molecule has 0 aliphatic carbocycles. The van der Waals surface area contributed by atoms with Crippen LogP contribution in [0, 0.1) is 5.82 Å². The molecule has 2 rings (SSSR count). The van der Waals surface area contributed by atoms with E-state index in [1.54, 1.807) is 26.4 Å². The maximum atomic E-state index is 13.8. The van der Waals surface area contributed by atoms with Crippen molar-refractivity contribution < 1.29 is 18.6 Å². The van der Waals surface area contributed by atoms with E-state index in [0.29, 0.717) is 30.2 Å². The zero-order valence-electron chi connectivity index (χ0n) is 15.6. The highest BCUT2D eigenvalue weighted by atomic mass is 127. The molecule has 8 heteroatoms. The number of guanidine groups is 1. The number of aliphatic imine (C=N–C) groups is 1. The van der Waals surface area contributed by atoms with Crippen LogP contribution in [0.5, 0.6) is 17.2 Å². The van der Waals surface area contributed by atoms with Crippen LogP contribution in [0.1, 0.15) is 18.1 Å². The van der Waals surface area contributed by atoms with Gasteiger partial charge in [0, 0.05) is 6.54 Å². The van der Waals surface area contributed by atoms with Crippen LogP contribution < -0.4 is 25.3 Å². The number of hydrogen-bond donors (Lipinski definition) is 2. The summed E-state index contributed by atoms with van der Waals surface area (Å²) in [6, 6.07) is 10.3. The lowest BCUT2D eigenvalue weighted by Gasteiger charge is -2.11. The van der Waals surface area contributed by atoms with E-state index in [1.807, 2.05) is 25.1 Å². The Kier molecular flexibility index (Phi) is 9.70. The van der Waals surface area contributed by atoms with Gasteiger partial charge in [0.1, 0.15) is 0 Å². The average Bonchev–Trinajstić information content (AvgIpc) is 2.66. The molecule has 6 nitrogen and oxygen atoms in total. The smallest absolute Gasteiger partial charge is 0.189 e. The molecule has 0 atom stereocenters. The van der Waals surface area contributed by atoms with Gasteiger partial charge in [-0.2, -0.15) is 0 Å². The molecule has 0 amide bonds. The predicted molar refractivity (Wildman–Crippen MR) is 115 cm³/mol. The molecule has 148 valence electrons. The second-order valence-electron chi connectivity index (χ2n) is 5.44. The monoisotopic (exact) mass is 489 g/mol. The van der Waals surface area contributed by atoms with Crippen LogP contribution >= 0.6 is 24.0 Å². The van der Waals surface area contributed by atoms with Gasteiger partial charge in [-0.3, -0.25) is 0 Å². The third-order valence-corrected chi connectivity index (χ3v) is 3.65. The Morgan fingerprint density at radius 1 is 1.04 bits per heavy atom. The fourth-order valence-corrected chi connectivity index (χ4v) is 2.33. The first-order chi connectivity index (χ1) is 12.6. The largest absolute Gasteiger partial charge is 0.493 e. The fraction of sp³-hybridized carbons (Fsp3) is 0.316. The Bertz CT molecular complexity index is 772. The van der Waals surface area contributed by atoms with Gasteiger partial charge in [0.25, 0.3) is 0 Å². The van der Waals surface area contributed by atoms with Crippen molar-refractivity contribution in [1.82, 2.24) is 5.32 Å². The SMILES string of the molecule is CCOc1ccc(CN=C(N)NCc2ccc(OC)c(OC)c2)cc1F.I. The first-order valence-corrected chi connectivity index (χ1v) is 8.23. The van der Waals surface area contributed by atoms with Crippen LogP contribution in [-0.2, 0) is 13.1 Å². The third kappa shape index (κ3) is 6.78. The van der Waals surface area contributed by atoms with Crippen molar-refractivity contribution in [2.45, 2.75) is 20.0 Å². The Morgan fingerprint density at radius 3 is 2.33 bits per heavy atom. The number of rotatable bonds is 8. The van der Waals surface area contributed by atoms with Gasteiger partial charge >= 0.3 is 0 Å². The number of nitrogens with zero attached hydrogens (tertiary/aromatic N) is 1. The molecule has 0 fully saturated rings. The molecule has 3 N–H and O–H groups in total. The number of hydrogen-bond acceptors (Lipinski definition) is 4. The van der Waals surface area contributed by atoms with Gasteiger partial charge in [-0.15, -0.1) is 24.0 Å². The molecule has 2 aromatic rings. The van der Waals surface area contributed by atoms with Crippen LogP contribution in [0.15, 0.2) is 41.4 Å². The number of methoxy groups -OCH3 is 2. The van der Waals surface area contributed by atoms with E-state index in [-0.39, 0.29) is 42.2 Å². The zero-order chi connectivity index (χ0) is 18.9. The molecule has 0 heterocycles. The number of halogens is 2. The summed E-state index contributed by atoms with van der Waals surface area (Å²) in [6.45, 7) is 2.98. The lowest BCUT2D eigenvalue weighted by atomic mass is 10.2. The second-order valence-corrected chi connectivity index (χ2v) is 5.44. The fourth-order valence-electron chi connectivity index (χ4n) is 2.33. The van der Waals surface area contributed by atoms with Gasteiger partial charge in [0.05, 0.1) is 27.4 Å². The quantitative estimate of drug-likeness (QED) is 0.338. The van der Waals surface area contributed by atoms with Crippen LogP contribution in [0.3, 0.4) is 0 Å². The molecule has 27 heavy (non-hydrogen) atoms. The van der Waals surface area contributed by atoms with Crippen molar-refractivity contribution >= 4 is 29.9 Å². The molecule has 0 saturated heterocycles. The number of benzene rings is 2. The van der Waals surface area contributed by atoms with Crippen LogP contribution in [0.4, 0.5) is 4.39 Å². The van der Waals surface area contributed by atoms with Gasteiger partial charge in [-0.25, -0.2) is 9.38 Å². The van der Waals surface area contributed by atoms with E-state index in [1.165, 1.54) is 6.07 Å². The van der Waals surface area contributed by atoms with Crippen molar-refractivity contribution in [1.29, 1.82) is 0 Å². The second kappa shape index (κ2) is 11.5. The molecular formula is C19H25FIN3O3. The summed E-state index contributed by atoms with van der Waals surface area (Å²) in [4.78, 5) is 4.22. The maximum absolute atomic E-state index is 13.8. The Hall–Kier alpha value is -2.23. The van der Waals surface area contributed by atoms with Gasteiger partial charge in [0.2, 0.25) is 0 Å². The molecule has 0 bridgehead atoms. The van der Waals surface area contributed by atoms with Crippen molar-refractivity contribution in [3.8, 4) is 17.2 Å². The average molecular weight is 489 g/mol. The molecule has 0 aliphatic rings. The lowest BCUT2D eigenvalue weighted by Crippen LogP contribution is -2.31. The van der Waals surface area contributed by atoms with Crippen molar-refractivity contribution in [2.75, 3.05) is 20.8 Å². The van der Waals surface area contributed by atoms with Crippen LogP contribution in [0.25, 0.3) is 0 Å². The normalized spacial score (nSPS) is 10.7. The zero-order valence-corrected chi connectivity index (χ0v) is 18.0.